The second-order valence-electron chi connectivity index (χ2n) is 6.33. The van der Waals surface area contributed by atoms with Gasteiger partial charge in [-0.3, -0.25) is 0 Å². The Bertz CT molecular complexity index is 744. The third kappa shape index (κ3) is 2.67. The molecule has 2 aromatic rings. The van der Waals surface area contributed by atoms with Crippen molar-refractivity contribution in [1.29, 1.82) is 0 Å². The molecule has 0 aromatic heterocycles. The molecule has 122 valence electrons. The second-order valence-corrected chi connectivity index (χ2v) is 6.33. The van der Waals surface area contributed by atoms with Crippen molar-refractivity contribution in [2.75, 3.05) is 0 Å². The SMILES string of the molecule is C=C1/C=C\C=C/CCC2(C1)c1ccccc1-c1ccccc12.CC. The highest BCUT2D eigenvalue weighted by Gasteiger charge is 2.42. The Hall–Kier alpha value is -2.34. The van der Waals surface area contributed by atoms with Crippen molar-refractivity contribution in [1.82, 2.24) is 0 Å². The van der Waals surface area contributed by atoms with Gasteiger partial charge < -0.3 is 0 Å². The van der Waals surface area contributed by atoms with Gasteiger partial charge in [-0.05, 0) is 41.5 Å². The Kier molecular flexibility index (Phi) is 4.85. The van der Waals surface area contributed by atoms with Crippen LogP contribution < -0.4 is 0 Å². The Balaban J connectivity index is 0.000000815. The van der Waals surface area contributed by atoms with Gasteiger partial charge in [0.05, 0.1) is 0 Å². The summed E-state index contributed by atoms with van der Waals surface area (Å²) in [6.07, 6.45) is 11.9. The summed E-state index contributed by atoms with van der Waals surface area (Å²) in [6, 6.07) is 17.8. The summed E-state index contributed by atoms with van der Waals surface area (Å²) in [7, 11) is 0. The molecule has 0 heterocycles. The van der Waals surface area contributed by atoms with Crippen LogP contribution in [0.4, 0.5) is 0 Å². The van der Waals surface area contributed by atoms with E-state index in [1.54, 1.807) is 0 Å². The highest BCUT2D eigenvalue weighted by molar-refractivity contribution is 5.81. The molecule has 2 aromatic carbocycles. The minimum atomic E-state index is 0.0727. The van der Waals surface area contributed by atoms with Crippen LogP contribution in [0.1, 0.15) is 44.2 Å². The van der Waals surface area contributed by atoms with Crippen molar-refractivity contribution in [2.45, 2.75) is 38.5 Å². The normalized spacial score (nSPS) is 19.8. The molecule has 0 saturated carbocycles. The average molecular weight is 314 g/mol. The van der Waals surface area contributed by atoms with E-state index in [2.05, 4.69) is 79.4 Å². The number of hydrogen-bond acceptors (Lipinski definition) is 0. The Morgan fingerprint density at radius 2 is 1.42 bits per heavy atom. The van der Waals surface area contributed by atoms with Gasteiger partial charge in [0.2, 0.25) is 0 Å². The second kappa shape index (κ2) is 7.05. The highest BCUT2D eigenvalue weighted by atomic mass is 14.4. The number of hydrogen-bond donors (Lipinski definition) is 0. The summed E-state index contributed by atoms with van der Waals surface area (Å²) in [4.78, 5) is 0. The van der Waals surface area contributed by atoms with E-state index in [0.29, 0.717) is 0 Å². The van der Waals surface area contributed by atoms with Crippen molar-refractivity contribution >= 4 is 0 Å². The number of allylic oxidation sites excluding steroid dienone is 5. The minimum absolute atomic E-state index is 0.0727. The van der Waals surface area contributed by atoms with Crippen LogP contribution in [0.15, 0.2) is 85.0 Å². The molecule has 0 N–H and O–H groups in total. The largest absolute Gasteiger partial charge is 0.0958 e. The fraction of sp³-hybridized carbons (Fsp3) is 0.250. The van der Waals surface area contributed by atoms with E-state index >= 15 is 0 Å². The summed E-state index contributed by atoms with van der Waals surface area (Å²) in [5.74, 6) is 0. The lowest BCUT2D eigenvalue weighted by atomic mass is 9.70. The molecule has 0 atom stereocenters. The first kappa shape index (κ1) is 16.5. The van der Waals surface area contributed by atoms with Crippen LogP contribution in [0.3, 0.4) is 0 Å². The Labute approximate surface area is 146 Å². The lowest BCUT2D eigenvalue weighted by molar-refractivity contribution is 0.487. The molecule has 0 heteroatoms. The minimum Gasteiger partial charge on any atom is -0.0958 e. The lowest BCUT2D eigenvalue weighted by Crippen LogP contribution is -2.25. The van der Waals surface area contributed by atoms with E-state index in [-0.39, 0.29) is 5.41 Å². The molecule has 0 unspecified atom stereocenters. The third-order valence-corrected chi connectivity index (χ3v) is 5.02. The zero-order valence-electron chi connectivity index (χ0n) is 14.8. The van der Waals surface area contributed by atoms with Crippen LogP contribution in [0.5, 0.6) is 0 Å². The standard InChI is InChI=1S/C22H20.C2H6/c1-17-10-4-2-3-9-15-22(16-17)20-13-7-5-11-18(20)19-12-6-8-14-21(19)22;1-2/h2-8,10-14H,1,9,15-16H2;1-2H3/b3-2-,10-4-;. The van der Waals surface area contributed by atoms with Crippen LogP contribution in [-0.4, -0.2) is 0 Å². The molecule has 0 nitrogen and oxygen atoms in total. The lowest BCUT2D eigenvalue weighted by Gasteiger charge is -2.32. The van der Waals surface area contributed by atoms with Crippen LogP contribution >= 0.6 is 0 Å². The van der Waals surface area contributed by atoms with Gasteiger partial charge in [-0.1, -0.05) is 98.8 Å². The average Bonchev–Trinajstić information content (AvgIpc) is 2.95. The molecule has 0 radical (unpaired) electrons. The van der Waals surface area contributed by atoms with Crippen LogP contribution in [0, 0.1) is 0 Å². The summed E-state index contributed by atoms with van der Waals surface area (Å²) in [5, 5.41) is 0. The van der Waals surface area contributed by atoms with Crippen LogP contribution in [0.2, 0.25) is 0 Å². The molecule has 2 aliphatic rings. The molecule has 0 amide bonds. The number of benzene rings is 2. The van der Waals surface area contributed by atoms with E-state index in [1.807, 2.05) is 13.8 Å². The van der Waals surface area contributed by atoms with Gasteiger partial charge in [0.1, 0.15) is 0 Å². The van der Waals surface area contributed by atoms with Gasteiger partial charge in [-0.25, -0.2) is 0 Å². The summed E-state index contributed by atoms with van der Waals surface area (Å²) >= 11 is 0. The van der Waals surface area contributed by atoms with E-state index < -0.39 is 0 Å². The maximum Gasteiger partial charge on any atom is 0.0258 e. The zero-order valence-corrected chi connectivity index (χ0v) is 14.8. The fourth-order valence-electron chi connectivity index (χ4n) is 4.11. The summed E-state index contributed by atoms with van der Waals surface area (Å²) in [5.41, 5.74) is 7.03. The molecule has 0 bridgehead atoms. The highest BCUT2D eigenvalue weighted by Crippen LogP contribution is 2.54. The number of fused-ring (bicyclic) bond motifs is 5. The first-order chi connectivity index (χ1) is 11.8. The molecule has 0 aliphatic heterocycles. The van der Waals surface area contributed by atoms with Gasteiger partial charge in [0, 0.05) is 5.41 Å². The Morgan fingerprint density at radius 3 is 2.04 bits per heavy atom. The van der Waals surface area contributed by atoms with Gasteiger partial charge in [0.15, 0.2) is 0 Å². The smallest absolute Gasteiger partial charge is 0.0258 e. The van der Waals surface area contributed by atoms with Crippen LogP contribution in [0.25, 0.3) is 11.1 Å². The van der Waals surface area contributed by atoms with Gasteiger partial charge in [-0.15, -0.1) is 0 Å². The third-order valence-electron chi connectivity index (χ3n) is 5.02. The quantitative estimate of drug-likeness (QED) is 0.500. The molecular weight excluding hydrogens is 288 g/mol. The topological polar surface area (TPSA) is 0 Å². The van der Waals surface area contributed by atoms with Crippen molar-refractivity contribution < 1.29 is 0 Å². The molecule has 0 fully saturated rings. The fourth-order valence-corrected chi connectivity index (χ4v) is 4.11. The monoisotopic (exact) mass is 314 g/mol. The van der Waals surface area contributed by atoms with Crippen molar-refractivity contribution in [3.05, 3.63) is 96.1 Å². The van der Waals surface area contributed by atoms with Gasteiger partial charge >= 0.3 is 0 Å². The summed E-state index contributed by atoms with van der Waals surface area (Å²) < 4.78 is 0. The maximum atomic E-state index is 4.30. The van der Waals surface area contributed by atoms with Gasteiger partial charge in [-0.2, -0.15) is 0 Å². The summed E-state index contributed by atoms with van der Waals surface area (Å²) in [6.45, 7) is 8.30. The van der Waals surface area contributed by atoms with E-state index in [0.717, 1.165) is 19.3 Å². The predicted molar refractivity (Wildman–Crippen MR) is 105 cm³/mol. The Morgan fingerprint density at radius 1 is 0.833 bits per heavy atom. The zero-order chi connectivity index (χ0) is 17.0. The van der Waals surface area contributed by atoms with E-state index in [4.69, 9.17) is 0 Å². The molecule has 1 spiro atoms. The van der Waals surface area contributed by atoms with Crippen molar-refractivity contribution in [2.24, 2.45) is 0 Å². The molecule has 2 aliphatic carbocycles. The van der Waals surface area contributed by atoms with E-state index in [9.17, 15) is 0 Å². The van der Waals surface area contributed by atoms with E-state index in [1.165, 1.54) is 27.8 Å². The first-order valence-electron chi connectivity index (χ1n) is 9.02. The predicted octanol–water partition coefficient (Wildman–Crippen LogP) is 6.83. The van der Waals surface area contributed by atoms with Crippen molar-refractivity contribution in [3.8, 4) is 11.1 Å². The van der Waals surface area contributed by atoms with Crippen LogP contribution in [-0.2, 0) is 5.41 Å². The molecule has 0 saturated heterocycles. The first-order valence-corrected chi connectivity index (χ1v) is 9.02. The van der Waals surface area contributed by atoms with Gasteiger partial charge in [0.25, 0.3) is 0 Å². The maximum absolute atomic E-state index is 4.30. The number of rotatable bonds is 0. The molecule has 4 rings (SSSR count). The van der Waals surface area contributed by atoms with Crippen molar-refractivity contribution in [3.63, 3.8) is 0 Å². The molecule has 24 heavy (non-hydrogen) atoms. The molecular formula is C24H26.